The lowest BCUT2D eigenvalue weighted by Gasteiger charge is -2.25. The van der Waals surface area contributed by atoms with Gasteiger partial charge >= 0.3 is 0 Å². The van der Waals surface area contributed by atoms with Crippen LogP contribution in [0.2, 0.25) is 0 Å². The van der Waals surface area contributed by atoms with E-state index in [1.54, 1.807) is 12.2 Å². The Morgan fingerprint density at radius 2 is 1.60 bits per heavy atom. The Bertz CT molecular complexity index is 232. The Morgan fingerprint density at radius 3 is 2.05 bits per heavy atom. The summed E-state index contributed by atoms with van der Waals surface area (Å²) in [6.07, 6.45) is 6.56. The molecule has 2 N–H and O–H groups in total. The van der Waals surface area contributed by atoms with Crippen molar-refractivity contribution in [3.05, 3.63) is 23.3 Å². The number of nitrogens with zero attached hydrogens (tertiary/aromatic N) is 1. The second kappa shape index (κ2) is 23.5. The first-order valence-corrected chi connectivity index (χ1v) is 8.16. The van der Waals surface area contributed by atoms with Crippen molar-refractivity contribution in [1.29, 1.82) is 5.41 Å². The lowest BCUT2D eigenvalue weighted by atomic mass is 10.3. The van der Waals surface area contributed by atoms with E-state index in [1.165, 1.54) is 6.21 Å². The molecule has 0 aliphatic carbocycles. The Labute approximate surface area is 131 Å². The fourth-order valence-corrected chi connectivity index (χ4v) is 1.46. The van der Waals surface area contributed by atoms with Gasteiger partial charge in [-0.3, -0.25) is 4.90 Å². The molecule has 3 nitrogen and oxygen atoms in total. The highest BCUT2D eigenvalue weighted by atomic mass is 35.5. The molecule has 20 heavy (non-hydrogen) atoms. The van der Waals surface area contributed by atoms with Crippen molar-refractivity contribution < 1.29 is 0 Å². The minimum atomic E-state index is 0.701. The molecule has 0 amide bonds. The maximum atomic E-state index is 6.81. The van der Waals surface area contributed by atoms with E-state index >= 15 is 0 Å². The van der Waals surface area contributed by atoms with Crippen LogP contribution < -0.4 is 5.32 Å². The third kappa shape index (κ3) is 17.4. The molecule has 4 heteroatoms. The van der Waals surface area contributed by atoms with E-state index < -0.39 is 0 Å². The highest BCUT2D eigenvalue weighted by Crippen LogP contribution is 2.03. The highest BCUT2D eigenvalue weighted by Gasteiger charge is 2.06. The molecule has 1 aliphatic rings. The van der Waals surface area contributed by atoms with Crippen LogP contribution in [-0.4, -0.2) is 43.8 Å². The number of nitrogens with one attached hydrogen (secondary N) is 2. The summed E-state index contributed by atoms with van der Waals surface area (Å²) in [6, 6.07) is 0. The maximum absolute atomic E-state index is 6.81. The summed E-state index contributed by atoms with van der Waals surface area (Å²) in [5.74, 6) is 0. The monoisotopic (exact) mass is 303 g/mol. The zero-order chi connectivity index (χ0) is 16.2. The normalized spacial score (nSPS) is 15.1. The maximum Gasteiger partial charge on any atom is 0.0379 e. The molecule has 1 saturated heterocycles. The van der Waals surface area contributed by atoms with Gasteiger partial charge in [0.15, 0.2) is 0 Å². The smallest absolute Gasteiger partial charge is 0.0379 e. The molecule has 0 saturated carbocycles. The Hall–Kier alpha value is -0.640. The molecule has 0 atom stereocenters. The number of rotatable bonds is 4. The average molecular weight is 304 g/mol. The minimum absolute atomic E-state index is 0.701. The van der Waals surface area contributed by atoms with Crippen LogP contribution >= 0.6 is 11.6 Å². The van der Waals surface area contributed by atoms with Crippen LogP contribution in [-0.2, 0) is 0 Å². The second-order valence-corrected chi connectivity index (χ2v) is 3.60. The highest BCUT2D eigenvalue weighted by molar-refractivity contribution is 6.31. The van der Waals surface area contributed by atoms with Gasteiger partial charge in [-0.15, -0.1) is 0 Å². The largest absolute Gasteiger partial charge is 0.314 e. The fourth-order valence-electron chi connectivity index (χ4n) is 1.32. The third-order valence-electron chi connectivity index (χ3n) is 2.11. The molecule has 0 bridgehead atoms. The van der Waals surface area contributed by atoms with E-state index in [1.807, 2.05) is 47.6 Å². The van der Waals surface area contributed by atoms with Gasteiger partial charge in [0.2, 0.25) is 0 Å². The first kappa shape index (κ1) is 24.4. The molecule has 1 fully saturated rings. The van der Waals surface area contributed by atoms with Gasteiger partial charge in [-0.25, -0.2) is 0 Å². The predicted octanol–water partition coefficient (Wildman–Crippen LogP) is 4.30. The molecule has 0 unspecified atom stereocenters. The molecule has 0 aromatic rings. The molecular weight excluding hydrogens is 270 g/mol. The van der Waals surface area contributed by atoms with Crippen LogP contribution in [0.1, 0.15) is 41.5 Å². The summed E-state index contributed by atoms with van der Waals surface area (Å²) >= 11 is 5.91. The predicted molar refractivity (Wildman–Crippen MR) is 95.2 cm³/mol. The van der Waals surface area contributed by atoms with Crippen LogP contribution in [0.15, 0.2) is 23.3 Å². The van der Waals surface area contributed by atoms with Crippen molar-refractivity contribution in [2.75, 3.05) is 32.7 Å². The van der Waals surface area contributed by atoms with Crippen molar-refractivity contribution >= 4 is 17.8 Å². The van der Waals surface area contributed by atoms with E-state index in [4.69, 9.17) is 17.0 Å². The van der Waals surface area contributed by atoms with Crippen LogP contribution in [0.3, 0.4) is 0 Å². The van der Waals surface area contributed by atoms with Crippen molar-refractivity contribution in [2.45, 2.75) is 41.5 Å². The van der Waals surface area contributed by atoms with Crippen molar-refractivity contribution in [2.24, 2.45) is 0 Å². The fraction of sp³-hybridized carbons (Fsp3) is 0.688. The van der Waals surface area contributed by atoms with Crippen LogP contribution in [0.4, 0.5) is 0 Å². The van der Waals surface area contributed by atoms with Gasteiger partial charge in [0.05, 0.1) is 0 Å². The van der Waals surface area contributed by atoms with Crippen LogP contribution in [0.25, 0.3) is 0 Å². The molecule has 0 radical (unpaired) electrons. The SMILES string of the molecule is CC.CC.CC.N=C/C=C\C(Cl)=C\CN1CCNCC1. The Balaban J connectivity index is -0.000000425. The molecule has 1 rings (SSSR count). The molecule has 120 valence electrons. The summed E-state index contributed by atoms with van der Waals surface area (Å²) in [7, 11) is 0. The molecule has 1 heterocycles. The van der Waals surface area contributed by atoms with Gasteiger partial charge in [0.1, 0.15) is 0 Å². The van der Waals surface area contributed by atoms with Crippen molar-refractivity contribution in [3.63, 3.8) is 0 Å². The van der Waals surface area contributed by atoms with Gasteiger partial charge in [0.25, 0.3) is 0 Å². The molecule has 1 aliphatic heterocycles. The van der Waals surface area contributed by atoms with Crippen LogP contribution in [0, 0.1) is 5.41 Å². The summed E-state index contributed by atoms with van der Waals surface area (Å²) < 4.78 is 0. The number of piperazine rings is 1. The van der Waals surface area contributed by atoms with Crippen LogP contribution in [0.5, 0.6) is 0 Å². The van der Waals surface area contributed by atoms with Gasteiger partial charge in [-0.1, -0.05) is 59.2 Å². The van der Waals surface area contributed by atoms with Gasteiger partial charge < -0.3 is 10.7 Å². The van der Waals surface area contributed by atoms with Gasteiger partial charge in [-0.2, -0.15) is 0 Å². The van der Waals surface area contributed by atoms with E-state index in [2.05, 4.69) is 10.2 Å². The Morgan fingerprint density at radius 1 is 1.10 bits per heavy atom. The quantitative estimate of drug-likeness (QED) is 0.600. The zero-order valence-electron chi connectivity index (χ0n) is 14.2. The topological polar surface area (TPSA) is 39.1 Å². The van der Waals surface area contributed by atoms with Crippen molar-refractivity contribution in [3.8, 4) is 0 Å². The second-order valence-electron chi connectivity index (χ2n) is 3.17. The standard InChI is InChI=1S/C10H16ClN3.3C2H6/c11-10(2-1-4-12)3-7-14-8-5-13-6-9-14;3*1-2/h1-4,12-13H,5-9H2;3*1-2H3/b2-1-,10-3-,12-4?;;;. The molecule has 0 aromatic heterocycles. The van der Waals surface area contributed by atoms with E-state index in [9.17, 15) is 0 Å². The summed E-state index contributed by atoms with van der Waals surface area (Å²) in [5, 5.41) is 10.8. The average Bonchev–Trinajstić information content (AvgIpc) is 2.57. The minimum Gasteiger partial charge on any atom is -0.314 e. The summed E-state index contributed by atoms with van der Waals surface area (Å²) in [5.41, 5.74) is 0. The molecule has 0 spiro atoms. The van der Waals surface area contributed by atoms with E-state index in [-0.39, 0.29) is 0 Å². The number of hydrogen-bond acceptors (Lipinski definition) is 3. The lowest BCUT2D eigenvalue weighted by molar-refractivity contribution is 0.264. The van der Waals surface area contributed by atoms with Gasteiger partial charge in [0, 0.05) is 44.0 Å². The lowest BCUT2D eigenvalue weighted by Crippen LogP contribution is -2.43. The number of hydrogen-bond donors (Lipinski definition) is 2. The number of allylic oxidation sites excluding steroid dienone is 3. The zero-order valence-corrected chi connectivity index (χ0v) is 14.9. The van der Waals surface area contributed by atoms with E-state index in [0.717, 1.165) is 32.7 Å². The first-order valence-electron chi connectivity index (χ1n) is 7.79. The third-order valence-corrected chi connectivity index (χ3v) is 2.39. The first-order chi connectivity index (χ1) is 9.83. The van der Waals surface area contributed by atoms with Gasteiger partial charge in [-0.05, 0) is 12.2 Å². The van der Waals surface area contributed by atoms with E-state index in [0.29, 0.717) is 5.03 Å². The number of halogens is 1. The molecule has 0 aromatic carbocycles. The molecular formula is C16H34ClN3. The summed E-state index contributed by atoms with van der Waals surface area (Å²) in [6.45, 7) is 17.2. The Kier molecular flexibility index (Phi) is 28.6. The van der Waals surface area contributed by atoms with Crippen molar-refractivity contribution in [1.82, 2.24) is 10.2 Å². The summed E-state index contributed by atoms with van der Waals surface area (Å²) in [4.78, 5) is 2.34.